The number of hydrogen-bond acceptors (Lipinski definition) is 3. The van der Waals surface area contributed by atoms with Gasteiger partial charge < -0.3 is 10.2 Å². The van der Waals surface area contributed by atoms with Crippen molar-refractivity contribution in [2.45, 2.75) is 39.7 Å². The van der Waals surface area contributed by atoms with Crippen molar-refractivity contribution in [2.24, 2.45) is 11.8 Å². The second-order valence-electron chi connectivity index (χ2n) is 6.02. The summed E-state index contributed by atoms with van der Waals surface area (Å²) in [4.78, 5) is 18.7. The second-order valence-corrected chi connectivity index (χ2v) is 6.02. The molecule has 0 spiro atoms. The number of pyridine rings is 1. The van der Waals surface area contributed by atoms with E-state index < -0.39 is 0 Å². The van der Waals surface area contributed by atoms with Gasteiger partial charge in [0.25, 0.3) is 0 Å². The lowest BCUT2D eigenvalue weighted by Gasteiger charge is -2.30. The van der Waals surface area contributed by atoms with Crippen LogP contribution in [0.25, 0.3) is 0 Å². The van der Waals surface area contributed by atoms with E-state index in [2.05, 4.69) is 17.2 Å². The van der Waals surface area contributed by atoms with Crippen LogP contribution in [0, 0.1) is 11.8 Å². The van der Waals surface area contributed by atoms with Crippen molar-refractivity contribution in [3.8, 4) is 0 Å². The Kier molecular flexibility index (Phi) is 6.18. The molecule has 2 atom stereocenters. The predicted octanol–water partition coefficient (Wildman–Crippen LogP) is 2.46. The molecule has 0 aromatic carbocycles. The maximum absolute atomic E-state index is 12.5. The molecule has 116 valence electrons. The van der Waals surface area contributed by atoms with Gasteiger partial charge in [-0.05, 0) is 56.8 Å². The van der Waals surface area contributed by atoms with E-state index in [-0.39, 0.29) is 5.91 Å². The fourth-order valence-corrected chi connectivity index (χ4v) is 3.00. The molecule has 2 unspecified atom stereocenters. The Hall–Kier alpha value is -1.42. The standard InChI is InChI=1S/C17H27N3O/c1-3-20(13-16-8-4-5-10-19-16)17(21)11-14(2)15-7-6-9-18-12-15/h4-5,8,10,14-15,18H,3,6-7,9,11-13H2,1-2H3. The van der Waals surface area contributed by atoms with Gasteiger partial charge in [-0.1, -0.05) is 13.0 Å². The van der Waals surface area contributed by atoms with Crippen LogP contribution in [0.1, 0.15) is 38.8 Å². The molecule has 0 radical (unpaired) electrons. The summed E-state index contributed by atoms with van der Waals surface area (Å²) in [5, 5.41) is 3.44. The number of carbonyl (C=O) groups excluding carboxylic acids is 1. The minimum atomic E-state index is 0.251. The Morgan fingerprint density at radius 1 is 1.52 bits per heavy atom. The predicted molar refractivity (Wildman–Crippen MR) is 84.7 cm³/mol. The summed E-state index contributed by atoms with van der Waals surface area (Å²) in [6.45, 7) is 7.79. The third kappa shape index (κ3) is 4.81. The molecule has 1 amide bonds. The summed E-state index contributed by atoms with van der Waals surface area (Å²) < 4.78 is 0. The average molecular weight is 289 g/mol. The number of nitrogens with zero attached hydrogens (tertiary/aromatic N) is 2. The zero-order chi connectivity index (χ0) is 15.1. The highest BCUT2D eigenvalue weighted by Crippen LogP contribution is 2.23. The molecule has 1 saturated heterocycles. The topological polar surface area (TPSA) is 45.2 Å². The van der Waals surface area contributed by atoms with Gasteiger partial charge in [0, 0.05) is 19.2 Å². The fraction of sp³-hybridized carbons (Fsp3) is 0.647. The van der Waals surface area contributed by atoms with E-state index in [1.807, 2.05) is 30.0 Å². The molecule has 1 aliphatic heterocycles. The molecule has 1 fully saturated rings. The first-order chi connectivity index (χ1) is 10.2. The molecule has 0 aliphatic carbocycles. The lowest BCUT2D eigenvalue weighted by Crippen LogP contribution is -2.37. The van der Waals surface area contributed by atoms with Crippen molar-refractivity contribution >= 4 is 5.91 Å². The van der Waals surface area contributed by atoms with E-state index >= 15 is 0 Å². The molecule has 2 heterocycles. The number of piperidine rings is 1. The summed E-state index contributed by atoms with van der Waals surface area (Å²) in [7, 11) is 0. The first-order valence-electron chi connectivity index (χ1n) is 8.09. The van der Waals surface area contributed by atoms with Gasteiger partial charge in [-0.15, -0.1) is 0 Å². The number of rotatable bonds is 6. The van der Waals surface area contributed by atoms with E-state index in [1.54, 1.807) is 6.20 Å². The van der Waals surface area contributed by atoms with Gasteiger partial charge in [0.05, 0.1) is 12.2 Å². The molecule has 4 nitrogen and oxygen atoms in total. The summed E-state index contributed by atoms with van der Waals surface area (Å²) in [6.07, 6.45) is 4.90. The normalized spacial score (nSPS) is 20.0. The van der Waals surface area contributed by atoms with Crippen molar-refractivity contribution in [2.75, 3.05) is 19.6 Å². The van der Waals surface area contributed by atoms with Crippen LogP contribution in [0.5, 0.6) is 0 Å². The summed E-state index contributed by atoms with van der Waals surface area (Å²) in [6, 6.07) is 5.85. The van der Waals surface area contributed by atoms with Crippen molar-refractivity contribution in [3.63, 3.8) is 0 Å². The van der Waals surface area contributed by atoms with Crippen molar-refractivity contribution < 1.29 is 4.79 Å². The maximum Gasteiger partial charge on any atom is 0.223 e. The Labute approximate surface area is 127 Å². The zero-order valence-electron chi connectivity index (χ0n) is 13.2. The molecular formula is C17H27N3O. The summed E-state index contributed by atoms with van der Waals surface area (Å²) in [5.74, 6) is 1.33. The summed E-state index contributed by atoms with van der Waals surface area (Å²) >= 11 is 0. The van der Waals surface area contributed by atoms with Crippen LogP contribution in [-0.4, -0.2) is 35.4 Å². The quantitative estimate of drug-likeness (QED) is 0.875. The highest BCUT2D eigenvalue weighted by Gasteiger charge is 2.24. The van der Waals surface area contributed by atoms with Gasteiger partial charge in [0.15, 0.2) is 0 Å². The Morgan fingerprint density at radius 3 is 3.00 bits per heavy atom. The SMILES string of the molecule is CCN(Cc1ccccn1)C(=O)CC(C)C1CCCNC1. The van der Waals surface area contributed by atoms with Crippen molar-refractivity contribution in [3.05, 3.63) is 30.1 Å². The monoisotopic (exact) mass is 289 g/mol. The van der Waals surface area contributed by atoms with Crippen LogP contribution in [0.3, 0.4) is 0 Å². The minimum absolute atomic E-state index is 0.251. The van der Waals surface area contributed by atoms with Crippen LogP contribution >= 0.6 is 0 Å². The van der Waals surface area contributed by atoms with Gasteiger partial charge in [-0.2, -0.15) is 0 Å². The van der Waals surface area contributed by atoms with E-state index in [0.717, 1.165) is 25.3 Å². The highest BCUT2D eigenvalue weighted by atomic mass is 16.2. The molecule has 2 rings (SSSR count). The molecular weight excluding hydrogens is 262 g/mol. The number of carbonyl (C=O) groups is 1. The van der Waals surface area contributed by atoms with E-state index in [4.69, 9.17) is 0 Å². The number of amides is 1. The fourth-order valence-electron chi connectivity index (χ4n) is 3.00. The molecule has 1 N–H and O–H groups in total. The minimum Gasteiger partial charge on any atom is -0.337 e. The largest absolute Gasteiger partial charge is 0.337 e. The van der Waals surface area contributed by atoms with Gasteiger partial charge in [-0.3, -0.25) is 9.78 Å². The van der Waals surface area contributed by atoms with E-state index in [9.17, 15) is 4.79 Å². The van der Waals surface area contributed by atoms with Crippen LogP contribution in [-0.2, 0) is 11.3 Å². The Morgan fingerprint density at radius 2 is 2.38 bits per heavy atom. The molecule has 1 aromatic heterocycles. The molecule has 21 heavy (non-hydrogen) atoms. The van der Waals surface area contributed by atoms with Gasteiger partial charge in [-0.25, -0.2) is 0 Å². The molecule has 1 aliphatic rings. The maximum atomic E-state index is 12.5. The van der Waals surface area contributed by atoms with Crippen molar-refractivity contribution in [1.29, 1.82) is 0 Å². The number of aromatic nitrogens is 1. The molecule has 0 bridgehead atoms. The first kappa shape index (κ1) is 16.0. The third-order valence-electron chi connectivity index (χ3n) is 4.45. The van der Waals surface area contributed by atoms with Gasteiger partial charge >= 0.3 is 0 Å². The number of hydrogen-bond donors (Lipinski definition) is 1. The lowest BCUT2D eigenvalue weighted by atomic mass is 9.85. The van der Waals surface area contributed by atoms with Gasteiger partial charge in [0.1, 0.15) is 0 Å². The molecule has 4 heteroatoms. The highest BCUT2D eigenvalue weighted by molar-refractivity contribution is 5.76. The second kappa shape index (κ2) is 8.13. The van der Waals surface area contributed by atoms with Crippen LogP contribution in [0.15, 0.2) is 24.4 Å². The van der Waals surface area contributed by atoms with Gasteiger partial charge in [0.2, 0.25) is 5.91 Å². The van der Waals surface area contributed by atoms with Crippen LogP contribution < -0.4 is 5.32 Å². The van der Waals surface area contributed by atoms with Crippen LogP contribution in [0.4, 0.5) is 0 Å². The smallest absolute Gasteiger partial charge is 0.223 e. The lowest BCUT2D eigenvalue weighted by molar-refractivity contribution is -0.133. The average Bonchev–Trinajstić information content (AvgIpc) is 2.54. The van der Waals surface area contributed by atoms with Crippen LogP contribution in [0.2, 0.25) is 0 Å². The molecule has 1 aromatic rings. The number of nitrogens with one attached hydrogen (secondary N) is 1. The van der Waals surface area contributed by atoms with E-state index in [1.165, 1.54) is 12.8 Å². The van der Waals surface area contributed by atoms with Crippen molar-refractivity contribution in [1.82, 2.24) is 15.2 Å². The molecule has 0 saturated carbocycles. The van der Waals surface area contributed by atoms with E-state index in [0.29, 0.717) is 24.8 Å². The summed E-state index contributed by atoms with van der Waals surface area (Å²) in [5.41, 5.74) is 0.958. The Bertz CT molecular complexity index is 429. The zero-order valence-corrected chi connectivity index (χ0v) is 13.2. The third-order valence-corrected chi connectivity index (χ3v) is 4.45. The first-order valence-corrected chi connectivity index (χ1v) is 8.09. The Balaban J connectivity index is 1.87.